The highest BCUT2D eigenvalue weighted by Crippen LogP contribution is 2.30. The van der Waals surface area contributed by atoms with Gasteiger partial charge in [0.25, 0.3) is 11.1 Å². The fraction of sp³-hybridized carbons (Fsp3) is 0.0968. The molecular weight excluding hydrogens is 468 g/mol. The SMILES string of the molecule is C#Cc1cccc(-c2cc(=O)n(C)c3ccc(Cc4c(C)c(-c5ccc(Cl)cc5)c[nH]c4=O)cc23)c1. The van der Waals surface area contributed by atoms with E-state index in [0.717, 1.165) is 49.8 Å². The lowest BCUT2D eigenvalue weighted by atomic mass is 9.93. The summed E-state index contributed by atoms with van der Waals surface area (Å²) in [4.78, 5) is 28.5. The molecule has 36 heavy (non-hydrogen) atoms. The van der Waals surface area contributed by atoms with Crippen LogP contribution in [0.15, 0.2) is 88.6 Å². The van der Waals surface area contributed by atoms with Gasteiger partial charge in [-0.15, -0.1) is 6.42 Å². The van der Waals surface area contributed by atoms with Gasteiger partial charge in [-0.25, -0.2) is 0 Å². The molecule has 0 unspecified atom stereocenters. The Hall–Kier alpha value is -4.33. The number of fused-ring (bicyclic) bond motifs is 1. The van der Waals surface area contributed by atoms with E-state index in [2.05, 4.69) is 17.0 Å². The summed E-state index contributed by atoms with van der Waals surface area (Å²) in [5, 5.41) is 1.59. The van der Waals surface area contributed by atoms with Gasteiger partial charge in [0, 0.05) is 52.8 Å². The average Bonchev–Trinajstić information content (AvgIpc) is 2.89. The minimum atomic E-state index is -0.118. The standard InChI is InChI=1S/C31H23ClN2O2/c1-4-20-6-5-7-23(14-20)26-17-30(35)34(3)29-13-8-21(16-27(26)29)15-25-19(2)28(18-33-31(25)36)22-9-11-24(32)12-10-22/h1,5-14,16-18H,15H2,2-3H3,(H,33,36). The molecule has 0 saturated heterocycles. The van der Waals surface area contributed by atoms with Crippen LogP contribution in [-0.4, -0.2) is 9.55 Å². The molecule has 176 valence electrons. The zero-order valence-electron chi connectivity index (χ0n) is 19.9. The summed E-state index contributed by atoms with van der Waals surface area (Å²) in [6, 6.07) is 22.8. The molecule has 0 saturated carbocycles. The number of benzene rings is 3. The van der Waals surface area contributed by atoms with Gasteiger partial charge >= 0.3 is 0 Å². The number of nitrogens with one attached hydrogen (secondary N) is 1. The first kappa shape index (κ1) is 23.4. The van der Waals surface area contributed by atoms with Crippen LogP contribution in [0.25, 0.3) is 33.2 Å². The normalized spacial score (nSPS) is 10.9. The minimum absolute atomic E-state index is 0.0979. The van der Waals surface area contributed by atoms with Gasteiger partial charge in [-0.1, -0.05) is 47.9 Å². The Morgan fingerprint density at radius 1 is 0.944 bits per heavy atom. The van der Waals surface area contributed by atoms with Gasteiger partial charge in [0.2, 0.25) is 0 Å². The number of hydrogen-bond donors (Lipinski definition) is 1. The third-order valence-electron chi connectivity index (χ3n) is 6.67. The van der Waals surface area contributed by atoms with Crippen LogP contribution in [0.1, 0.15) is 22.3 Å². The summed E-state index contributed by atoms with van der Waals surface area (Å²) >= 11 is 6.06. The molecule has 2 heterocycles. The first-order valence-electron chi connectivity index (χ1n) is 11.5. The summed E-state index contributed by atoms with van der Waals surface area (Å²) in [7, 11) is 1.76. The Morgan fingerprint density at radius 2 is 1.72 bits per heavy atom. The molecule has 0 amide bonds. The van der Waals surface area contributed by atoms with E-state index in [1.54, 1.807) is 23.9 Å². The molecule has 0 aliphatic heterocycles. The maximum Gasteiger partial charge on any atom is 0.251 e. The van der Waals surface area contributed by atoms with Crippen LogP contribution in [0.3, 0.4) is 0 Å². The van der Waals surface area contributed by atoms with E-state index < -0.39 is 0 Å². The Kier molecular flexibility index (Phi) is 6.10. The minimum Gasteiger partial charge on any atom is -0.328 e. The Bertz CT molecular complexity index is 1790. The van der Waals surface area contributed by atoms with Crippen molar-refractivity contribution in [2.24, 2.45) is 7.05 Å². The molecule has 0 fully saturated rings. The van der Waals surface area contributed by atoms with Gasteiger partial charge in [0.15, 0.2) is 0 Å². The number of aromatic amines is 1. The van der Waals surface area contributed by atoms with Crippen molar-refractivity contribution in [3.63, 3.8) is 0 Å². The summed E-state index contributed by atoms with van der Waals surface area (Å²) in [5.41, 5.74) is 7.56. The molecule has 0 spiro atoms. The molecule has 0 atom stereocenters. The third-order valence-corrected chi connectivity index (χ3v) is 6.92. The predicted molar refractivity (Wildman–Crippen MR) is 148 cm³/mol. The molecule has 0 bridgehead atoms. The van der Waals surface area contributed by atoms with Gasteiger partial charge in [0.05, 0.1) is 5.52 Å². The largest absolute Gasteiger partial charge is 0.328 e. The molecule has 0 aliphatic rings. The fourth-order valence-electron chi connectivity index (χ4n) is 4.65. The number of rotatable bonds is 4. The zero-order valence-corrected chi connectivity index (χ0v) is 20.7. The smallest absolute Gasteiger partial charge is 0.251 e. The Labute approximate surface area is 213 Å². The lowest BCUT2D eigenvalue weighted by molar-refractivity contribution is 0.906. The molecule has 5 rings (SSSR count). The second kappa shape index (κ2) is 9.37. The van der Waals surface area contributed by atoms with Crippen LogP contribution in [-0.2, 0) is 13.5 Å². The van der Waals surface area contributed by atoms with E-state index >= 15 is 0 Å². The second-order valence-corrected chi connectivity index (χ2v) is 9.29. The van der Waals surface area contributed by atoms with Crippen LogP contribution in [0.2, 0.25) is 5.02 Å². The molecule has 5 heteroatoms. The van der Waals surface area contributed by atoms with Gasteiger partial charge in [-0.05, 0) is 71.1 Å². The Balaban J connectivity index is 1.64. The van der Waals surface area contributed by atoms with E-state index in [1.165, 1.54) is 0 Å². The first-order valence-corrected chi connectivity index (χ1v) is 11.9. The van der Waals surface area contributed by atoms with Gasteiger partial charge in [0.1, 0.15) is 0 Å². The van der Waals surface area contributed by atoms with Crippen molar-refractivity contribution in [1.29, 1.82) is 0 Å². The zero-order chi connectivity index (χ0) is 25.4. The van der Waals surface area contributed by atoms with E-state index in [4.69, 9.17) is 18.0 Å². The lowest BCUT2D eigenvalue weighted by Crippen LogP contribution is -2.17. The van der Waals surface area contributed by atoms with E-state index in [9.17, 15) is 9.59 Å². The van der Waals surface area contributed by atoms with Crippen LogP contribution >= 0.6 is 11.6 Å². The summed E-state index contributed by atoms with van der Waals surface area (Å²) in [6.45, 7) is 1.97. The van der Waals surface area contributed by atoms with Gasteiger partial charge in [-0.2, -0.15) is 0 Å². The number of nitrogens with zero attached hydrogens (tertiary/aromatic N) is 1. The average molecular weight is 491 g/mol. The van der Waals surface area contributed by atoms with E-state index in [1.807, 2.05) is 67.6 Å². The number of halogens is 1. The van der Waals surface area contributed by atoms with Crippen LogP contribution < -0.4 is 11.1 Å². The molecule has 3 aromatic carbocycles. The first-order chi connectivity index (χ1) is 17.4. The number of hydrogen-bond acceptors (Lipinski definition) is 2. The van der Waals surface area contributed by atoms with E-state index in [0.29, 0.717) is 17.0 Å². The maximum absolute atomic E-state index is 12.9. The third kappa shape index (κ3) is 4.26. The number of terminal acetylenes is 1. The number of aryl methyl sites for hydroxylation is 1. The number of pyridine rings is 2. The van der Waals surface area contributed by atoms with Crippen molar-refractivity contribution in [3.05, 3.63) is 127 Å². The van der Waals surface area contributed by atoms with Crippen molar-refractivity contribution >= 4 is 22.5 Å². The predicted octanol–water partition coefficient (Wildman–Crippen LogP) is 6.09. The molecule has 0 radical (unpaired) electrons. The number of H-pyrrole nitrogens is 1. The van der Waals surface area contributed by atoms with Crippen LogP contribution in [0, 0.1) is 19.3 Å². The molecule has 1 N–H and O–H groups in total. The molecule has 5 aromatic rings. The molecule has 0 aliphatic carbocycles. The van der Waals surface area contributed by atoms with Gasteiger partial charge < -0.3 is 9.55 Å². The van der Waals surface area contributed by atoms with Crippen LogP contribution in [0.5, 0.6) is 0 Å². The molecule has 4 nitrogen and oxygen atoms in total. The Morgan fingerprint density at radius 3 is 2.47 bits per heavy atom. The highest BCUT2D eigenvalue weighted by molar-refractivity contribution is 6.30. The summed E-state index contributed by atoms with van der Waals surface area (Å²) in [6.07, 6.45) is 7.81. The monoisotopic (exact) mass is 490 g/mol. The summed E-state index contributed by atoms with van der Waals surface area (Å²) < 4.78 is 1.63. The van der Waals surface area contributed by atoms with Crippen LogP contribution in [0.4, 0.5) is 0 Å². The molecular formula is C31H23ClN2O2. The summed E-state index contributed by atoms with van der Waals surface area (Å²) in [5.74, 6) is 2.66. The van der Waals surface area contributed by atoms with Gasteiger partial charge in [-0.3, -0.25) is 9.59 Å². The van der Waals surface area contributed by atoms with Crippen molar-refractivity contribution in [1.82, 2.24) is 9.55 Å². The molecule has 2 aromatic heterocycles. The maximum atomic E-state index is 12.9. The highest BCUT2D eigenvalue weighted by atomic mass is 35.5. The lowest BCUT2D eigenvalue weighted by Gasteiger charge is -2.14. The highest BCUT2D eigenvalue weighted by Gasteiger charge is 2.14. The van der Waals surface area contributed by atoms with Crippen molar-refractivity contribution in [2.75, 3.05) is 0 Å². The topological polar surface area (TPSA) is 54.9 Å². The van der Waals surface area contributed by atoms with Crippen molar-refractivity contribution in [2.45, 2.75) is 13.3 Å². The fourth-order valence-corrected chi connectivity index (χ4v) is 4.77. The van der Waals surface area contributed by atoms with Crippen molar-refractivity contribution < 1.29 is 0 Å². The quantitative estimate of drug-likeness (QED) is 0.310. The second-order valence-electron chi connectivity index (χ2n) is 8.85. The van der Waals surface area contributed by atoms with E-state index in [-0.39, 0.29) is 11.1 Å². The number of aromatic nitrogens is 2. The van der Waals surface area contributed by atoms with Crippen molar-refractivity contribution in [3.8, 4) is 34.6 Å².